The molecule has 0 saturated heterocycles. The number of hydrogen-bond donors (Lipinski definition) is 0. The summed E-state index contributed by atoms with van der Waals surface area (Å²) in [6.45, 7) is 20.8. The number of hydrogen-bond acceptors (Lipinski definition) is 3. The molecular formula is C91H74BN5. The van der Waals surface area contributed by atoms with Crippen molar-refractivity contribution in [1.29, 1.82) is 5.26 Å². The Morgan fingerprint density at radius 3 is 1.34 bits per heavy atom. The molecule has 5 nitrogen and oxygen atoms in total. The number of aromatic nitrogens is 2. The van der Waals surface area contributed by atoms with E-state index in [4.69, 9.17) is 0 Å². The van der Waals surface area contributed by atoms with Gasteiger partial charge in [0.05, 0.1) is 33.4 Å². The third-order valence-corrected chi connectivity index (χ3v) is 20.5. The van der Waals surface area contributed by atoms with Gasteiger partial charge in [-0.2, -0.15) is 5.26 Å². The zero-order valence-corrected chi connectivity index (χ0v) is 56.4. The monoisotopic (exact) mass is 1250 g/mol. The number of fused-ring (bicyclic) bond motifs is 10. The molecule has 0 radical (unpaired) electrons. The van der Waals surface area contributed by atoms with Crippen molar-refractivity contribution in [2.24, 2.45) is 0 Å². The van der Waals surface area contributed by atoms with Gasteiger partial charge in [0.2, 0.25) is 0 Å². The highest BCUT2D eigenvalue weighted by Crippen LogP contribution is 2.51. The van der Waals surface area contributed by atoms with E-state index in [1.54, 1.807) is 0 Å². The van der Waals surface area contributed by atoms with Gasteiger partial charge < -0.3 is 18.9 Å². The zero-order valence-electron chi connectivity index (χ0n) is 56.4. The number of para-hydroxylation sites is 3. The molecule has 2 aliphatic heterocycles. The van der Waals surface area contributed by atoms with Gasteiger partial charge >= 0.3 is 0 Å². The number of anilines is 6. The lowest BCUT2D eigenvalue weighted by Gasteiger charge is -2.45. The van der Waals surface area contributed by atoms with E-state index in [0.29, 0.717) is 5.56 Å². The van der Waals surface area contributed by atoms with Crippen LogP contribution in [0.5, 0.6) is 0 Å². The molecule has 0 saturated carbocycles. The van der Waals surface area contributed by atoms with Crippen LogP contribution in [0.4, 0.5) is 34.1 Å². The second-order valence-electron chi connectivity index (χ2n) is 29.7. The van der Waals surface area contributed by atoms with Crippen molar-refractivity contribution in [3.63, 3.8) is 0 Å². The maximum absolute atomic E-state index is 12.3. The molecule has 466 valence electrons. The van der Waals surface area contributed by atoms with Crippen molar-refractivity contribution in [3.05, 3.63) is 307 Å². The molecule has 0 fully saturated rings. The van der Waals surface area contributed by atoms with Crippen molar-refractivity contribution in [3.8, 4) is 62.0 Å². The Kier molecular flexibility index (Phi) is 13.7. The van der Waals surface area contributed by atoms with Gasteiger partial charge in [0, 0.05) is 55.7 Å². The summed E-state index contributed by atoms with van der Waals surface area (Å²) < 4.78 is 4.77. The highest BCUT2D eigenvalue weighted by atomic mass is 15.2. The van der Waals surface area contributed by atoms with E-state index in [0.717, 1.165) is 112 Å². The predicted molar refractivity (Wildman–Crippen MR) is 412 cm³/mol. The summed E-state index contributed by atoms with van der Waals surface area (Å²) >= 11 is 0. The molecule has 2 aliphatic rings. The maximum atomic E-state index is 12.3. The van der Waals surface area contributed by atoms with Crippen LogP contribution in [0.15, 0.2) is 285 Å². The second-order valence-corrected chi connectivity index (χ2v) is 29.7. The van der Waals surface area contributed by atoms with Crippen molar-refractivity contribution in [2.75, 3.05) is 9.80 Å². The molecule has 97 heavy (non-hydrogen) atoms. The Morgan fingerprint density at radius 1 is 0.299 bits per heavy atom. The molecule has 4 heterocycles. The lowest BCUT2D eigenvalue weighted by molar-refractivity contribution is 0.569. The smallest absolute Gasteiger partial charge is 0.252 e. The van der Waals surface area contributed by atoms with E-state index < -0.39 is 0 Å². The molecule has 0 N–H and O–H groups in total. The summed E-state index contributed by atoms with van der Waals surface area (Å²) in [5.74, 6) is 0. The zero-order chi connectivity index (χ0) is 66.2. The lowest BCUT2D eigenvalue weighted by Crippen LogP contribution is -2.61. The van der Waals surface area contributed by atoms with Crippen LogP contribution in [0.1, 0.15) is 84.6 Å². The van der Waals surface area contributed by atoms with Crippen molar-refractivity contribution >= 4 is 101 Å². The molecule has 0 aliphatic carbocycles. The maximum Gasteiger partial charge on any atom is 0.252 e. The number of benzene rings is 13. The Balaban J connectivity index is 1.00. The van der Waals surface area contributed by atoms with E-state index >= 15 is 0 Å². The third kappa shape index (κ3) is 9.73. The van der Waals surface area contributed by atoms with Gasteiger partial charge in [-0.3, -0.25) is 0 Å². The van der Waals surface area contributed by atoms with Crippen LogP contribution in [0.2, 0.25) is 0 Å². The second kappa shape index (κ2) is 22.4. The Bertz CT molecular complexity index is 5590. The van der Waals surface area contributed by atoms with Gasteiger partial charge in [-0.05, 0) is 179 Å². The average molecular weight is 1250 g/mol. The van der Waals surface area contributed by atoms with E-state index in [9.17, 15) is 5.26 Å². The third-order valence-electron chi connectivity index (χ3n) is 20.5. The average Bonchev–Trinajstić information content (AvgIpc) is 1.10. The molecule has 2 aromatic heterocycles. The van der Waals surface area contributed by atoms with E-state index in [1.807, 2.05) is 0 Å². The number of nitriles is 1. The minimum absolute atomic E-state index is 0.0883. The fourth-order valence-electron chi connectivity index (χ4n) is 15.6. The van der Waals surface area contributed by atoms with Gasteiger partial charge in [0.15, 0.2) is 0 Å². The normalized spacial score (nSPS) is 12.9. The highest BCUT2D eigenvalue weighted by Gasteiger charge is 2.45. The Morgan fingerprint density at radius 2 is 0.763 bits per heavy atom. The van der Waals surface area contributed by atoms with Gasteiger partial charge in [-0.1, -0.05) is 263 Å². The van der Waals surface area contributed by atoms with Gasteiger partial charge in [-0.15, -0.1) is 0 Å². The topological polar surface area (TPSA) is 40.1 Å². The first kappa shape index (κ1) is 59.4. The highest BCUT2D eigenvalue weighted by molar-refractivity contribution is 7.00. The van der Waals surface area contributed by atoms with E-state index in [-0.39, 0.29) is 23.0 Å². The molecule has 17 rings (SSSR count). The molecule has 15 aromatic rings. The Hall–Kier alpha value is -11.4. The van der Waals surface area contributed by atoms with Crippen molar-refractivity contribution in [2.45, 2.75) is 78.6 Å². The fraction of sp³-hybridized carbons (Fsp3) is 0.132. The first-order valence-corrected chi connectivity index (χ1v) is 34.1. The fourth-order valence-corrected chi connectivity index (χ4v) is 15.6. The lowest BCUT2D eigenvalue weighted by atomic mass is 9.33. The van der Waals surface area contributed by atoms with Gasteiger partial charge in [-0.25, -0.2) is 0 Å². The van der Waals surface area contributed by atoms with Crippen molar-refractivity contribution < 1.29 is 0 Å². The minimum Gasteiger partial charge on any atom is -0.311 e. The van der Waals surface area contributed by atoms with Crippen LogP contribution in [0.3, 0.4) is 0 Å². The summed E-state index contributed by atoms with van der Waals surface area (Å²) in [5.41, 5.74) is 29.0. The van der Waals surface area contributed by atoms with E-state index in [2.05, 4.69) is 372 Å². The van der Waals surface area contributed by atoms with Crippen LogP contribution in [0.25, 0.3) is 99.5 Å². The molecular weight excluding hydrogens is 1170 g/mol. The predicted octanol–water partition coefficient (Wildman–Crippen LogP) is 22.4. The number of nitrogens with zero attached hydrogens (tertiary/aromatic N) is 5. The molecule has 0 unspecified atom stereocenters. The summed E-state index contributed by atoms with van der Waals surface area (Å²) in [6, 6.07) is 109. The quantitative estimate of drug-likeness (QED) is 0.142. The molecule has 0 bridgehead atoms. The molecule has 13 aromatic carbocycles. The molecule has 0 atom stereocenters. The first-order valence-electron chi connectivity index (χ1n) is 34.1. The van der Waals surface area contributed by atoms with Crippen LogP contribution in [0, 0.1) is 11.3 Å². The van der Waals surface area contributed by atoms with E-state index in [1.165, 1.54) is 55.1 Å². The van der Waals surface area contributed by atoms with Gasteiger partial charge in [0.25, 0.3) is 6.71 Å². The molecule has 0 amide bonds. The van der Waals surface area contributed by atoms with Gasteiger partial charge in [0.1, 0.15) is 11.6 Å². The summed E-state index contributed by atoms with van der Waals surface area (Å²) in [4.78, 5) is 5.07. The van der Waals surface area contributed by atoms with Crippen molar-refractivity contribution in [1.82, 2.24) is 9.13 Å². The summed E-state index contributed by atoms with van der Waals surface area (Å²) in [6.07, 6.45) is 0. The molecule has 0 spiro atoms. The van der Waals surface area contributed by atoms with Crippen LogP contribution in [-0.4, -0.2) is 15.8 Å². The Labute approximate surface area is 569 Å². The largest absolute Gasteiger partial charge is 0.311 e. The van der Waals surface area contributed by atoms with Crippen LogP contribution >= 0.6 is 0 Å². The van der Waals surface area contributed by atoms with Crippen LogP contribution in [-0.2, 0) is 16.2 Å². The standard InChI is InChI=1S/C91H74BN5/c1-89(2,3)65-48-64(49-66(53-65)90(4,5)6)61-43-45-75-83(52-61)95(69-50-62(58-27-13-10-14-28-58)47-63(51-69)59-29-15-11-16-30-59)85-54-67(91(7,8)9)55-86-88(85)92(75)76-46-44-68(94-79-39-24-21-35-73(79)87-70(36-25-42-82(87)94)60-31-17-12-18-32-60)56-84(76)97(86)81-41-26-40-80(74(81)57-93)96-77-37-22-19-33-71(77)72-34-20-23-38-78(72)96/h10-56H,1-9H3. The minimum atomic E-state index is -0.331. The summed E-state index contributed by atoms with van der Waals surface area (Å²) in [5, 5.41) is 17.0. The first-order chi connectivity index (χ1) is 47.0. The summed E-state index contributed by atoms with van der Waals surface area (Å²) in [7, 11) is 0. The van der Waals surface area contributed by atoms with Crippen LogP contribution < -0.4 is 26.2 Å². The SMILES string of the molecule is CC(C)(C)c1cc(-c2ccc3c(c2)N(c2cc(-c4ccccc4)cc(-c4ccccc4)c2)c2cc(C(C)(C)C)cc4c2B3c2ccc(-n3c5ccccc5c5c(-c6ccccc6)cccc53)cc2N4c2cccc(-n3c4ccccc4c4ccccc43)c2C#N)cc(C(C)(C)C)c1. The molecule has 6 heteroatoms. The number of rotatable bonds is 8.